The van der Waals surface area contributed by atoms with Gasteiger partial charge < -0.3 is 10.4 Å². The van der Waals surface area contributed by atoms with Crippen molar-refractivity contribution in [3.63, 3.8) is 0 Å². The van der Waals surface area contributed by atoms with Crippen molar-refractivity contribution in [3.05, 3.63) is 41.7 Å². The number of fused-ring (bicyclic) bond motifs is 1. The van der Waals surface area contributed by atoms with Crippen molar-refractivity contribution in [2.24, 2.45) is 0 Å². The summed E-state index contributed by atoms with van der Waals surface area (Å²) in [6.45, 7) is 0.619. The molecule has 0 fully saturated rings. The van der Waals surface area contributed by atoms with Gasteiger partial charge in [0.1, 0.15) is 10.8 Å². The Kier molecular flexibility index (Phi) is 2.77. The topological polar surface area (TPSA) is 70.9 Å². The first-order valence-electron chi connectivity index (χ1n) is 5.40. The molecule has 18 heavy (non-hydrogen) atoms. The lowest BCUT2D eigenvalue weighted by molar-refractivity contribution is 0.475. The van der Waals surface area contributed by atoms with E-state index in [4.69, 9.17) is 0 Å². The van der Waals surface area contributed by atoms with Crippen molar-refractivity contribution >= 4 is 27.5 Å². The second kappa shape index (κ2) is 4.58. The van der Waals surface area contributed by atoms with Crippen LogP contribution in [-0.2, 0) is 6.54 Å². The van der Waals surface area contributed by atoms with Crippen molar-refractivity contribution in [1.82, 2.24) is 15.0 Å². The molecule has 0 radical (unpaired) electrons. The molecule has 0 aliphatic rings. The van der Waals surface area contributed by atoms with Crippen molar-refractivity contribution in [1.29, 1.82) is 0 Å². The Labute approximate surface area is 107 Å². The van der Waals surface area contributed by atoms with Crippen LogP contribution in [0.25, 0.3) is 10.5 Å². The van der Waals surface area contributed by atoms with Gasteiger partial charge >= 0.3 is 0 Å². The summed E-state index contributed by atoms with van der Waals surface area (Å²) in [6.07, 6.45) is 3.30. The van der Waals surface area contributed by atoms with E-state index in [1.807, 2.05) is 12.1 Å². The zero-order valence-corrected chi connectivity index (χ0v) is 10.2. The number of anilines is 1. The first kappa shape index (κ1) is 10.9. The lowest BCUT2D eigenvalue weighted by atomic mass is 10.3. The summed E-state index contributed by atoms with van der Waals surface area (Å²) in [5.74, 6) is 0.258. The van der Waals surface area contributed by atoms with E-state index in [9.17, 15) is 5.11 Å². The van der Waals surface area contributed by atoms with Gasteiger partial charge in [-0.2, -0.15) is 0 Å². The predicted molar refractivity (Wildman–Crippen MR) is 70.6 cm³/mol. The second-order valence-electron chi connectivity index (χ2n) is 3.69. The highest BCUT2D eigenvalue weighted by atomic mass is 32.1. The number of aromatic nitrogens is 3. The fraction of sp³-hybridized carbons (Fsp3) is 0.0833. The summed E-state index contributed by atoms with van der Waals surface area (Å²) in [4.78, 5) is 13.6. The summed E-state index contributed by atoms with van der Waals surface area (Å²) < 4.78 is 0. The van der Waals surface area contributed by atoms with E-state index in [-0.39, 0.29) is 5.75 Å². The van der Waals surface area contributed by atoms with E-state index in [1.165, 1.54) is 11.3 Å². The average molecular weight is 258 g/mol. The van der Waals surface area contributed by atoms with Crippen molar-refractivity contribution in [3.8, 4) is 5.75 Å². The molecular weight excluding hydrogens is 248 g/mol. The fourth-order valence-electron chi connectivity index (χ4n) is 1.55. The summed E-state index contributed by atoms with van der Waals surface area (Å²) in [7, 11) is 0. The molecule has 5 nitrogen and oxygen atoms in total. The number of phenols is 1. The number of benzene rings is 1. The van der Waals surface area contributed by atoms with Crippen LogP contribution >= 0.6 is 11.3 Å². The van der Waals surface area contributed by atoms with Crippen LogP contribution in [0.15, 0.2) is 36.7 Å². The van der Waals surface area contributed by atoms with E-state index < -0.39 is 0 Å². The monoisotopic (exact) mass is 258 g/mol. The number of aromatic hydroxyl groups is 1. The van der Waals surface area contributed by atoms with Crippen LogP contribution in [0.2, 0.25) is 0 Å². The van der Waals surface area contributed by atoms with Crippen LogP contribution in [0.4, 0.5) is 5.69 Å². The molecule has 0 saturated heterocycles. The number of hydrogen-bond acceptors (Lipinski definition) is 6. The van der Waals surface area contributed by atoms with E-state index in [1.54, 1.807) is 24.5 Å². The number of phenolic OH excluding ortho intramolecular Hbond substituents is 1. The van der Waals surface area contributed by atoms with Gasteiger partial charge in [0.2, 0.25) is 0 Å². The number of rotatable bonds is 3. The molecule has 2 N–H and O–H groups in total. The van der Waals surface area contributed by atoms with Gasteiger partial charge in [-0.3, -0.25) is 0 Å². The maximum atomic E-state index is 9.18. The van der Waals surface area contributed by atoms with Gasteiger partial charge in [0.15, 0.2) is 10.5 Å². The normalized spacial score (nSPS) is 10.7. The number of nitrogens with zero attached hydrogens (tertiary/aromatic N) is 3. The zero-order valence-electron chi connectivity index (χ0n) is 9.37. The highest BCUT2D eigenvalue weighted by Crippen LogP contribution is 2.19. The Morgan fingerprint density at radius 3 is 2.67 bits per heavy atom. The van der Waals surface area contributed by atoms with Crippen LogP contribution in [-0.4, -0.2) is 20.1 Å². The summed E-state index contributed by atoms with van der Waals surface area (Å²) in [6, 6.07) is 6.92. The van der Waals surface area contributed by atoms with Gasteiger partial charge in [-0.05, 0) is 24.3 Å². The molecule has 0 saturated carbocycles. The predicted octanol–water partition coefficient (Wildman–Crippen LogP) is 2.40. The molecule has 0 bridgehead atoms. The van der Waals surface area contributed by atoms with Crippen LogP contribution in [0.5, 0.6) is 5.75 Å². The van der Waals surface area contributed by atoms with Gasteiger partial charge in [0.05, 0.1) is 6.54 Å². The molecule has 0 unspecified atom stereocenters. The summed E-state index contributed by atoms with van der Waals surface area (Å²) >= 11 is 1.52. The lowest BCUT2D eigenvalue weighted by Gasteiger charge is -2.03. The molecule has 90 valence electrons. The Bertz CT molecular complexity index is 632. The van der Waals surface area contributed by atoms with Crippen LogP contribution in [0.3, 0.4) is 0 Å². The van der Waals surface area contributed by atoms with Gasteiger partial charge in [0.25, 0.3) is 0 Å². The molecule has 0 atom stereocenters. The molecule has 6 heteroatoms. The third kappa shape index (κ3) is 2.23. The van der Waals surface area contributed by atoms with E-state index >= 15 is 0 Å². The highest BCUT2D eigenvalue weighted by Gasteiger charge is 2.04. The molecule has 1 aromatic carbocycles. The standard InChI is InChI=1S/C12H10N4OS/c17-9-3-1-8(2-4-9)15-7-10-16-11-12(18-10)14-6-5-13-11/h1-6,15,17H,7H2. The SMILES string of the molecule is Oc1ccc(NCc2nc3nccnc3s2)cc1. The number of nitrogens with one attached hydrogen (secondary N) is 1. The van der Waals surface area contributed by atoms with Crippen molar-refractivity contribution < 1.29 is 5.11 Å². The van der Waals surface area contributed by atoms with Crippen LogP contribution in [0, 0.1) is 0 Å². The van der Waals surface area contributed by atoms with E-state index in [0.717, 1.165) is 15.5 Å². The summed E-state index contributed by atoms with van der Waals surface area (Å²) in [5, 5.41) is 13.3. The second-order valence-corrected chi connectivity index (χ2v) is 4.76. The van der Waals surface area contributed by atoms with Crippen LogP contribution in [0.1, 0.15) is 5.01 Å². The quantitative estimate of drug-likeness (QED) is 0.706. The maximum Gasteiger partial charge on any atom is 0.189 e. The minimum absolute atomic E-state index is 0.258. The Hall–Kier alpha value is -2.21. The first-order chi connectivity index (χ1) is 8.81. The largest absolute Gasteiger partial charge is 0.508 e. The molecule has 0 aliphatic heterocycles. The first-order valence-corrected chi connectivity index (χ1v) is 6.22. The third-order valence-corrected chi connectivity index (χ3v) is 3.36. The molecule has 0 spiro atoms. The average Bonchev–Trinajstić information content (AvgIpc) is 2.81. The number of hydrogen-bond donors (Lipinski definition) is 2. The van der Waals surface area contributed by atoms with E-state index in [2.05, 4.69) is 20.3 Å². The molecule has 2 heterocycles. The Morgan fingerprint density at radius 1 is 1.11 bits per heavy atom. The molecule has 2 aromatic heterocycles. The Balaban J connectivity index is 1.74. The number of thiazole rings is 1. The van der Waals surface area contributed by atoms with Gasteiger partial charge in [-0.1, -0.05) is 11.3 Å². The minimum atomic E-state index is 0.258. The van der Waals surface area contributed by atoms with Crippen LogP contribution < -0.4 is 5.32 Å². The Morgan fingerprint density at radius 2 is 1.89 bits per heavy atom. The smallest absolute Gasteiger partial charge is 0.189 e. The molecule has 0 aliphatic carbocycles. The third-order valence-electron chi connectivity index (χ3n) is 2.40. The highest BCUT2D eigenvalue weighted by molar-refractivity contribution is 7.18. The van der Waals surface area contributed by atoms with Gasteiger partial charge in [-0.15, -0.1) is 0 Å². The fourth-order valence-corrected chi connectivity index (χ4v) is 2.35. The van der Waals surface area contributed by atoms with Crippen molar-refractivity contribution in [2.45, 2.75) is 6.54 Å². The lowest BCUT2D eigenvalue weighted by Crippen LogP contribution is -1.98. The van der Waals surface area contributed by atoms with E-state index in [0.29, 0.717) is 12.2 Å². The minimum Gasteiger partial charge on any atom is -0.508 e. The van der Waals surface area contributed by atoms with Crippen molar-refractivity contribution in [2.75, 3.05) is 5.32 Å². The molecule has 3 rings (SSSR count). The zero-order chi connectivity index (χ0) is 12.4. The maximum absolute atomic E-state index is 9.18. The van der Waals surface area contributed by atoms with Gasteiger partial charge in [0, 0.05) is 18.1 Å². The summed E-state index contributed by atoms with van der Waals surface area (Å²) in [5.41, 5.74) is 1.62. The molecule has 0 amide bonds. The van der Waals surface area contributed by atoms with Gasteiger partial charge in [-0.25, -0.2) is 15.0 Å². The molecular formula is C12H10N4OS. The molecule has 3 aromatic rings.